The summed E-state index contributed by atoms with van der Waals surface area (Å²) in [6.07, 6.45) is 2.42. The molecule has 0 unspecified atom stereocenters. The topological polar surface area (TPSA) is 92.7 Å². The first-order valence-corrected chi connectivity index (χ1v) is 12.0. The summed E-state index contributed by atoms with van der Waals surface area (Å²) >= 11 is 0. The SMILES string of the molecule is CCCn1c(CCc2ccccc2NS(=O)(=O)c2c(C)n[nH]c2C)nc2ccccc21. The Labute approximate surface area is 182 Å². The zero-order valence-electron chi connectivity index (χ0n) is 18.0. The number of aryl methyl sites for hydroxylation is 5. The van der Waals surface area contributed by atoms with Crippen LogP contribution in [0.1, 0.15) is 36.1 Å². The molecule has 2 aromatic carbocycles. The van der Waals surface area contributed by atoms with Crippen molar-refractivity contribution in [3.8, 4) is 0 Å². The van der Waals surface area contributed by atoms with Gasteiger partial charge in [0.05, 0.1) is 28.1 Å². The predicted octanol–water partition coefficient (Wildman–Crippen LogP) is 4.37. The molecule has 7 nitrogen and oxygen atoms in total. The van der Waals surface area contributed by atoms with E-state index in [4.69, 9.17) is 4.98 Å². The highest BCUT2D eigenvalue weighted by Gasteiger charge is 2.23. The molecule has 0 aliphatic rings. The van der Waals surface area contributed by atoms with Gasteiger partial charge in [0.2, 0.25) is 0 Å². The van der Waals surface area contributed by atoms with E-state index in [0.29, 0.717) is 23.5 Å². The van der Waals surface area contributed by atoms with Gasteiger partial charge in [-0.15, -0.1) is 0 Å². The van der Waals surface area contributed by atoms with E-state index in [2.05, 4.69) is 32.5 Å². The van der Waals surface area contributed by atoms with E-state index in [1.54, 1.807) is 19.9 Å². The molecule has 0 radical (unpaired) electrons. The maximum absolute atomic E-state index is 13.0. The van der Waals surface area contributed by atoms with Gasteiger partial charge in [-0.3, -0.25) is 9.82 Å². The Kier molecular flexibility index (Phi) is 5.82. The first-order chi connectivity index (χ1) is 14.9. The molecule has 4 rings (SSSR count). The van der Waals surface area contributed by atoms with Crippen molar-refractivity contribution in [2.24, 2.45) is 0 Å². The Bertz CT molecular complexity index is 1300. The molecule has 8 heteroatoms. The smallest absolute Gasteiger partial charge is 0.265 e. The van der Waals surface area contributed by atoms with Crippen LogP contribution in [-0.2, 0) is 29.4 Å². The summed E-state index contributed by atoms with van der Waals surface area (Å²) in [6, 6.07) is 15.7. The van der Waals surface area contributed by atoms with Crippen molar-refractivity contribution >= 4 is 26.7 Å². The Balaban J connectivity index is 1.61. The fraction of sp³-hybridized carbons (Fsp3) is 0.304. The fourth-order valence-corrected chi connectivity index (χ4v) is 5.48. The Morgan fingerprint density at radius 2 is 1.77 bits per heavy atom. The average Bonchev–Trinajstić information content (AvgIpc) is 3.27. The van der Waals surface area contributed by atoms with Crippen molar-refractivity contribution in [1.29, 1.82) is 0 Å². The number of para-hydroxylation sites is 3. The molecule has 0 spiro atoms. The summed E-state index contributed by atoms with van der Waals surface area (Å²) in [5.41, 5.74) is 4.62. The van der Waals surface area contributed by atoms with Gasteiger partial charge < -0.3 is 4.57 Å². The summed E-state index contributed by atoms with van der Waals surface area (Å²) in [6.45, 7) is 6.45. The third-order valence-corrected chi connectivity index (χ3v) is 7.02. The summed E-state index contributed by atoms with van der Waals surface area (Å²) in [5, 5.41) is 6.76. The van der Waals surface area contributed by atoms with Crippen LogP contribution >= 0.6 is 0 Å². The van der Waals surface area contributed by atoms with Crippen molar-refractivity contribution in [1.82, 2.24) is 19.7 Å². The van der Waals surface area contributed by atoms with Crippen molar-refractivity contribution in [2.75, 3.05) is 4.72 Å². The maximum Gasteiger partial charge on any atom is 0.265 e. The molecular weight excluding hydrogens is 410 g/mol. The van der Waals surface area contributed by atoms with Crippen LogP contribution in [0.25, 0.3) is 11.0 Å². The zero-order chi connectivity index (χ0) is 22.0. The van der Waals surface area contributed by atoms with E-state index in [1.165, 1.54) is 0 Å². The zero-order valence-corrected chi connectivity index (χ0v) is 18.8. The van der Waals surface area contributed by atoms with E-state index >= 15 is 0 Å². The number of imidazole rings is 1. The molecule has 2 aromatic heterocycles. The molecule has 0 saturated carbocycles. The number of nitrogens with one attached hydrogen (secondary N) is 2. The lowest BCUT2D eigenvalue weighted by molar-refractivity contribution is 0.600. The van der Waals surface area contributed by atoms with E-state index in [-0.39, 0.29) is 4.90 Å². The minimum atomic E-state index is -3.74. The third-order valence-electron chi connectivity index (χ3n) is 5.39. The van der Waals surface area contributed by atoms with Crippen molar-refractivity contribution in [3.05, 3.63) is 71.3 Å². The van der Waals surface area contributed by atoms with Gasteiger partial charge in [-0.1, -0.05) is 37.3 Å². The van der Waals surface area contributed by atoms with Crippen molar-refractivity contribution in [3.63, 3.8) is 0 Å². The van der Waals surface area contributed by atoms with Crippen LogP contribution in [0.5, 0.6) is 0 Å². The van der Waals surface area contributed by atoms with Crippen molar-refractivity contribution < 1.29 is 8.42 Å². The number of hydrogen-bond donors (Lipinski definition) is 2. The van der Waals surface area contributed by atoms with Crippen LogP contribution in [0.2, 0.25) is 0 Å². The van der Waals surface area contributed by atoms with E-state index in [0.717, 1.165) is 41.8 Å². The molecule has 2 heterocycles. The number of hydrogen-bond acceptors (Lipinski definition) is 4. The van der Waals surface area contributed by atoms with Gasteiger partial charge in [-0.05, 0) is 50.5 Å². The second-order valence-corrected chi connectivity index (χ2v) is 9.31. The third kappa shape index (κ3) is 4.20. The highest BCUT2D eigenvalue weighted by molar-refractivity contribution is 7.92. The maximum atomic E-state index is 13.0. The molecule has 0 bridgehead atoms. The van der Waals surface area contributed by atoms with Crippen LogP contribution in [0.3, 0.4) is 0 Å². The lowest BCUT2D eigenvalue weighted by Gasteiger charge is -2.13. The molecule has 0 saturated heterocycles. The number of nitrogens with zero attached hydrogens (tertiary/aromatic N) is 3. The molecular formula is C23H27N5O2S. The van der Waals surface area contributed by atoms with Gasteiger partial charge in [-0.25, -0.2) is 13.4 Å². The fourth-order valence-electron chi connectivity index (χ4n) is 4.01. The molecule has 0 amide bonds. The van der Waals surface area contributed by atoms with Gasteiger partial charge in [0.15, 0.2) is 0 Å². The Morgan fingerprint density at radius 3 is 2.52 bits per heavy atom. The van der Waals surface area contributed by atoms with Gasteiger partial charge in [0, 0.05) is 13.0 Å². The number of sulfonamides is 1. The summed E-state index contributed by atoms with van der Waals surface area (Å²) in [5.74, 6) is 1.02. The van der Waals surface area contributed by atoms with Gasteiger partial charge in [0.1, 0.15) is 10.7 Å². The number of H-pyrrole nitrogens is 1. The Hall–Kier alpha value is -3.13. The van der Waals surface area contributed by atoms with E-state index in [9.17, 15) is 8.42 Å². The van der Waals surface area contributed by atoms with E-state index < -0.39 is 10.0 Å². The standard InChI is InChI=1S/C23H27N5O2S/c1-4-15-28-21-12-8-7-11-20(21)24-22(28)14-13-18-9-5-6-10-19(18)27-31(29,30)23-16(2)25-26-17(23)3/h5-12,27H,4,13-15H2,1-3H3,(H,25,26). The number of anilines is 1. The largest absolute Gasteiger partial charge is 0.328 e. The number of aromatic nitrogens is 4. The summed E-state index contributed by atoms with van der Waals surface area (Å²) < 4.78 is 31.0. The van der Waals surface area contributed by atoms with E-state index in [1.807, 2.05) is 36.4 Å². The normalized spacial score (nSPS) is 11.8. The molecule has 162 valence electrons. The number of fused-ring (bicyclic) bond motifs is 1. The number of rotatable bonds is 8. The molecule has 0 aliphatic carbocycles. The van der Waals surface area contributed by atoms with Gasteiger partial charge in [0.25, 0.3) is 10.0 Å². The first kappa shape index (κ1) is 21.1. The Morgan fingerprint density at radius 1 is 1.03 bits per heavy atom. The quantitative estimate of drug-likeness (QED) is 0.428. The lowest BCUT2D eigenvalue weighted by Crippen LogP contribution is -2.16. The summed E-state index contributed by atoms with van der Waals surface area (Å²) in [4.78, 5) is 5.03. The minimum absolute atomic E-state index is 0.201. The molecule has 4 aromatic rings. The highest BCUT2D eigenvalue weighted by atomic mass is 32.2. The number of benzene rings is 2. The lowest BCUT2D eigenvalue weighted by atomic mass is 10.1. The molecule has 0 atom stereocenters. The monoisotopic (exact) mass is 437 g/mol. The molecule has 31 heavy (non-hydrogen) atoms. The average molecular weight is 438 g/mol. The summed E-state index contributed by atoms with van der Waals surface area (Å²) in [7, 11) is -3.74. The first-order valence-electron chi connectivity index (χ1n) is 10.5. The van der Waals surface area contributed by atoms with Crippen LogP contribution in [-0.4, -0.2) is 28.2 Å². The van der Waals surface area contributed by atoms with Gasteiger partial charge in [-0.2, -0.15) is 5.10 Å². The van der Waals surface area contributed by atoms with Crippen LogP contribution < -0.4 is 4.72 Å². The van der Waals surface area contributed by atoms with Crippen molar-refractivity contribution in [2.45, 2.75) is 51.5 Å². The minimum Gasteiger partial charge on any atom is -0.328 e. The molecule has 2 N–H and O–H groups in total. The van der Waals surface area contributed by atoms with Crippen LogP contribution in [0, 0.1) is 13.8 Å². The van der Waals surface area contributed by atoms with Crippen LogP contribution in [0.15, 0.2) is 53.4 Å². The highest BCUT2D eigenvalue weighted by Crippen LogP contribution is 2.25. The molecule has 0 aliphatic heterocycles. The number of aromatic amines is 1. The predicted molar refractivity (Wildman–Crippen MR) is 123 cm³/mol. The molecule has 0 fully saturated rings. The second kappa shape index (κ2) is 8.55. The second-order valence-electron chi connectivity index (χ2n) is 7.69. The van der Waals surface area contributed by atoms with Crippen LogP contribution in [0.4, 0.5) is 5.69 Å². The van der Waals surface area contributed by atoms with Gasteiger partial charge >= 0.3 is 0 Å².